The Morgan fingerprint density at radius 3 is 2.32 bits per heavy atom. The van der Waals surface area contributed by atoms with Gasteiger partial charge in [-0.2, -0.15) is 0 Å². The van der Waals surface area contributed by atoms with Gasteiger partial charge < -0.3 is 10.4 Å². The van der Waals surface area contributed by atoms with E-state index < -0.39 is 22.2 Å². The van der Waals surface area contributed by atoms with Crippen LogP contribution in [-0.4, -0.2) is 38.7 Å². The molecule has 1 saturated carbocycles. The Morgan fingerprint density at radius 1 is 1.21 bits per heavy atom. The second-order valence-electron chi connectivity index (χ2n) is 5.66. The van der Waals surface area contributed by atoms with Crippen LogP contribution in [0.15, 0.2) is 0 Å². The topological polar surface area (TPSA) is 83.5 Å². The third-order valence-corrected chi connectivity index (χ3v) is 5.65. The highest BCUT2D eigenvalue weighted by Gasteiger charge is 2.43. The standard InChI is InChI=1S/C13H21NO4S/c15-11(14-10-3-7-19(18)8-4-10)9-13(12(16)17)5-1-2-6-13/h10H,1-9H2,(H,14,15)(H,16,17). The maximum absolute atomic E-state index is 12.0. The van der Waals surface area contributed by atoms with Gasteiger partial charge in [0, 0.05) is 34.8 Å². The minimum Gasteiger partial charge on any atom is -0.481 e. The largest absolute Gasteiger partial charge is 0.481 e. The predicted octanol–water partition coefficient (Wildman–Crippen LogP) is 1.05. The highest BCUT2D eigenvalue weighted by Crippen LogP contribution is 2.41. The van der Waals surface area contributed by atoms with E-state index in [4.69, 9.17) is 0 Å². The van der Waals surface area contributed by atoms with Gasteiger partial charge in [0.05, 0.1) is 5.41 Å². The van der Waals surface area contributed by atoms with E-state index in [1.165, 1.54) is 0 Å². The molecule has 0 aromatic carbocycles. The summed E-state index contributed by atoms with van der Waals surface area (Å²) in [4.78, 5) is 23.4. The number of carboxylic acid groups (broad SMARTS) is 1. The third kappa shape index (κ3) is 3.55. The summed E-state index contributed by atoms with van der Waals surface area (Å²) in [6, 6.07) is 0.0671. The van der Waals surface area contributed by atoms with E-state index in [2.05, 4.69) is 5.32 Å². The van der Waals surface area contributed by atoms with Gasteiger partial charge in [0.15, 0.2) is 0 Å². The fourth-order valence-corrected chi connectivity index (χ4v) is 4.34. The zero-order chi connectivity index (χ0) is 13.9. The lowest BCUT2D eigenvalue weighted by Gasteiger charge is -2.26. The lowest BCUT2D eigenvalue weighted by atomic mass is 9.82. The van der Waals surface area contributed by atoms with Crippen molar-refractivity contribution in [3.8, 4) is 0 Å². The van der Waals surface area contributed by atoms with Crippen LogP contribution >= 0.6 is 0 Å². The van der Waals surface area contributed by atoms with E-state index in [9.17, 15) is 18.9 Å². The van der Waals surface area contributed by atoms with Crippen molar-refractivity contribution < 1.29 is 18.9 Å². The molecule has 5 nitrogen and oxygen atoms in total. The predicted molar refractivity (Wildman–Crippen MR) is 72.2 cm³/mol. The molecule has 0 atom stereocenters. The molecule has 6 heteroatoms. The number of aliphatic carboxylic acids is 1. The van der Waals surface area contributed by atoms with Crippen LogP contribution < -0.4 is 5.32 Å². The molecule has 2 rings (SSSR count). The fraction of sp³-hybridized carbons (Fsp3) is 0.846. The first-order chi connectivity index (χ1) is 9.02. The first kappa shape index (κ1) is 14.5. The molecule has 1 heterocycles. The Hall–Kier alpha value is -0.910. The molecule has 19 heavy (non-hydrogen) atoms. The third-order valence-electron chi connectivity index (χ3n) is 4.27. The second kappa shape index (κ2) is 6.03. The van der Waals surface area contributed by atoms with Crippen molar-refractivity contribution in [3.05, 3.63) is 0 Å². The van der Waals surface area contributed by atoms with E-state index in [0.29, 0.717) is 24.3 Å². The molecule has 1 amide bonds. The maximum Gasteiger partial charge on any atom is 0.310 e. The molecule has 0 aromatic rings. The van der Waals surface area contributed by atoms with Gasteiger partial charge in [0.1, 0.15) is 0 Å². The van der Waals surface area contributed by atoms with Crippen LogP contribution in [0, 0.1) is 5.41 Å². The first-order valence-corrected chi connectivity index (χ1v) is 8.38. The molecule has 2 aliphatic rings. The Labute approximate surface area is 115 Å². The number of rotatable bonds is 4. The number of hydrogen-bond donors (Lipinski definition) is 2. The molecule has 0 radical (unpaired) electrons. The molecule has 0 aromatic heterocycles. The molecule has 2 fully saturated rings. The minimum absolute atomic E-state index is 0.0671. The van der Waals surface area contributed by atoms with Crippen molar-refractivity contribution in [2.75, 3.05) is 11.5 Å². The summed E-state index contributed by atoms with van der Waals surface area (Å²) in [5.41, 5.74) is -0.846. The normalized spacial score (nSPS) is 29.9. The molecule has 1 aliphatic carbocycles. The van der Waals surface area contributed by atoms with Gasteiger partial charge in [-0.25, -0.2) is 0 Å². The SMILES string of the molecule is O=C(CC1(C(=O)O)CCCC1)NC1CCS(=O)CC1. The summed E-state index contributed by atoms with van der Waals surface area (Å²) in [6.45, 7) is 0. The fourth-order valence-electron chi connectivity index (χ4n) is 3.04. The van der Waals surface area contributed by atoms with Crippen LogP contribution in [-0.2, 0) is 20.4 Å². The summed E-state index contributed by atoms with van der Waals surface area (Å²) in [5, 5.41) is 12.2. The summed E-state index contributed by atoms with van der Waals surface area (Å²) >= 11 is 0. The van der Waals surface area contributed by atoms with E-state index in [0.717, 1.165) is 25.7 Å². The summed E-state index contributed by atoms with van der Waals surface area (Å²) in [6.07, 6.45) is 4.54. The van der Waals surface area contributed by atoms with Crippen molar-refractivity contribution in [3.63, 3.8) is 0 Å². The van der Waals surface area contributed by atoms with E-state index in [1.54, 1.807) is 0 Å². The quantitative estimate of drug-likeness (QED) is 0.809. The highest BCUT2D eigenvalue weighted by atomic mass is 32.2. The number of carbonyl (C=O) groups excluding carboxylic acids is 1. The van der Waals surface area contributed by atoms with Crippen LogP contribution in [0.1, 0.15) is 44.9 Å². The van der Waals surface area contributed by atoms with Gasteiger partial charge in [-0.3, -0.25) is 13.8 Å². The average molecular weight is 287 g/mol. The Bertz CT molecular complexity index is 380. The summed E-state index contributed by atoms with van der Waals surface area (Å²) < 4.78 is 11.2. The van der Waals surface area contributed by atoms with Gasteiger partial charge >= 0.3 is 5.97 Å². The van der Waals surface area contributed by atoms with Crippen molar-refractivity contribution in [2.24, 2.45) is 5.41 Å². The average Bonchev–Trinajstić information content (AvgIpc) is 2.82. The highest BCUT2D eigenvalue weighted by molar-refractivity contribution is 7.85. The molecular weight excluding hydrogens is 266 g/mol. The molecule has 1 saturated heterocycles. The molecule has 0 unspecified atom stereocenters. The van der Waals surface area contributed by atoms with Crippen LogP contribution in [0.4, 0.5) is 0 Å². The maximum atomic E-state index is 12.0. The zero-order valence-corrected chi connectivity index (χ0v) is 11.8. The number of amides is 1. The van der Waals surface area contributed by atoms with Gasteiger partial charge in [-0.1, -0.05) is 12.8 Å². The molecule has 2 N–H and O–H groups in total. The number of carbonyl (C=O) groups is 2. The van der Waals surface area contributed by atoms with Crippen LogP contribution in [0.25, 0.3) is 0 Å². The van der Waals surface area contributed by atoms with Crippen molar-refractivity contribution in [1.82, 2.24) is 5.32 Å². The lowest BCUT2D eigenvalue weighted by molar-refractivity contribution is -0.151. The van der Waals surface area contributed by atoms with Crippen LogP contribution in [0.5, 0.6) is 0 Å². The minimum atomic E-state index is -0.846. The molecule has 0 bridgehead atoms. The Balaban J connectivity index is 1.86. The van der Waals surface area contributed by atoms with E-state index >= 15 is 0 Å². The van der Waals surface area contributed by atoms with Crippen LogP contribution in [0.2, 0.25) is 0 Å². The summed E-state index contributed by atoms with van der Waals surface area (Å²) in [5.74, 6) is 0.260. The monoisotopic (exact) mass is 287 g/mol. The molecule has 0 spiro atoms. The molecular formula is C13H21NO4S. The first-order valence-electron chi connectivity index (χ1n) is 6.90. The molecule has 108 valence electrons. The van der Waals surface area contributed by atoms with Gasteiger partial charge in [0.25, 0.3) is 0 Å². The van der Waals surface area contributed by atoms with Crippen molar-refractivity contribution >= 4 is 22.7 Å². The Kier molecular flexibility index (Phi) is 4.60. The zero-order valence-electron chi connectivity index (χ0n) is 11.0. The Morgan fingerprint density at radius 2 is 1.79 bits per heavy atom. The van der Waals surface area contributed by atoms with Crippen LogP contribution in [0.3, 0.4) is 0 Å². The molecule has 1 aliphatic heterocycles. The number of nitrogens with one attached hydrogen (secondary N) is 1. The van der Waals surface area contributed by atoms with E-state index in [-0.39, 0.29) is 18.4 Å². The second-order valence-corrected chi connectivity index (χ2v) is 7.36. The van der Waals surface area contributed by atoms with Gasteiger partial charge in [-0.15, -0.1) is 0 Å². The van der Waals surface area contributed by atoms with Gasteiger partial charge in [0.2, 0.25) is 5.91 Å². The number of hydrogen-bond acceptors (Lipinski definition) is 3. The van der Waals surface area contributed by atoms with Crippen molar-refractivity contribution in [1.29, 1.82) is 0 Å². The lowest BCUT2D eigenvalue weighted by Crippen LogP contribution is -2.42. The summed E-state index contributed by atoms with van der Waals surface area (Å²) in [7, 11) is -0.741. The van der Waals surface area contributed by atoms with Gasteiger partial charge in [-0.05, 0) is 25.7 Å². The van der Waals surface area contributed by atoms with E-state index in [1.807, 2.05) is 0 Å². The smallest absolute Gasteiger partial charge is 0.310 e. The van der Waals surface area contributed by atoms with Crippen molar-refractivity contribution in [2.45, 2.75) is 51.0 Å². The number of carboxylic acids is 1.